The maximum Gasteiger partial charge on any atom is 0.227 e. The molecule has 0 spiro atoms. The number of aliphatic hydroxyl groups excluding tert-OH is 1. The number of carbonyl (C=O) groups excluding carboxylic acids is 1. The Balaban J connectivity index is 2.05. The van der Waals surface area contributed by atoms with Crippen LogP contribution in [0, 0.1) is 5.82 Å². The highest BCUT2D eigenvalue weighted by molar-refractivity contribution is 9.10. The summed E-state index contributed by atoms with van der Waals surface area (Å²) in [7, 11) is 0. The van der Waals surface area contributed by atoms with Crippen molar-refractivity contribution in [3.05, 3.63) is 34.1 Å². The minimum atomic E-state index is -0.421. The average Bonchev–Trinajstić information content (AvgIpc) is 2.70. The summed E-state index contributed by atoms with van der Waals surface area (Å²) in [6, 6.07) is 4.29. The van der Waals surface area contributed by atoms with Gasteiger partial charge in [-0.25, -0.2) is 4.39 Å². The molecule has 1 N–H and O–H groups in total. The van der Waals surface area contributed by atoms with E-state index in [-0.39, 0.29) is 18.1 Å². The summed E-state index contributed by atoms with van der Waals surface area (Å²) in [6.45, 7) is 0.957. The van der Waals surface area contributed by atoms with Crippen LogP contribution in [-0.2, 0) is 11.2 Å². The molecular weight excluding hydrogens is 289 g/mol. The van der Waals surface area contributed by atoms with Gasteiger partial charge in [0.15, 0.2) is 0 Å². The van der Waals surface area contributed by atoms with Gasteiger partial charge in [-0.3, -0.25) is 4.79 Å². The van der Waals surface area contributed by atoms with Gasteiger partial charge in [0.25, 0.3) is 0 Å². The predicted octanol–water partition coefficient (Wildman–Crippen LogP) is 1.72. The van der Waals surface area contributed by atoms with Gasteiger partial charge in [0.05, 0.1) is 12.5 Å². The van der Waals surface area contributed by atoms with E-state index in [1.807, 2.05) is 0 Å². The predicted molar refractivity (Wildman–Crippen MR) is 65.0 cm³/mol. The van der Waals surface area contributed by atoms with Crippen LogP contribution < -0.4 is 0 Å². The summed E-state index contributed by atoms with van der Waals surface area (Å²) in [5.41, 5.74) is 0.636. The lowest BCUT2D eigenvalue weighted by Crippen LogP contribution is -2.30. The number of aliphatic hydroxyl groups is 1. The second-order valence-corrected chi connectivity index (χ2v) is 5.05. The maximum atomic E-state index is 13.1. The summed E-state index contributed by atoms with van der Waals surface area (Å²) in [5, 5.41) is 9.35. The average molecular weight is 302 g/mol. The van der Waals surface area contributed by atoms with Crippen molar-refractivity contribution in [2.24, 2.45) is 0 Å². The van der Waals surface area contributed by atoms with Crippen molar-refractivity contribution in [1.82, 2.24) is 4.90 Å². The highest BCUT2D eigenvalue weighted by Crippen LogP contribution is 2.20. The Bertz CT molecular complexity index is 439. The zero-order valence-corrected chi connectivity index (χ0v) is 10.8. The second kappa shape index (κ2) is 5.14. The quantitative estimate of drug-likeness (QED) is 0.904. The number of amides is 1. The van der Waals surface area contributed by atoms with Crippen LogP contribution in [0.1, 0.15) is 12.0 Å². The molecule has 5 heteroatoms. The molecule has 1 aliphatic rings. The standard InChI is InChI=1S/C12H13BrFNO2/c13-11-2-1-9(14)5-8(11)6-12(17)15-4-3-10(16)7-15/h1-2,5,10,16H,3-4,6-7H2/t10-/m1/s1. The van der Waals surface area contributed by atoms with Gasteiger partial charge in [-0.2, -0.15) is 0 Å². The highest BCUT2D eigenvalue weighted by atomic mass is 79.9. The van der Waals surface area contributed by atoms with Crippen LogP contribution in [0.15, 0.2) is 22.7 Å². The number of benzene rings is 1. The third kappa shape index (κ3) is 3.04. The molecule has 1 heterocycles. The van der Waals surface area contributed by atoms with Gasteiger partial charge in [-0.05, 0) is 30.2 Å². The zero-order chi connectivity index (χ0) is 12.4. The van der Waals surface area contributed by atoms with Crippen molar-refractivity contribution in [1.29, 1.82) is 0 Å². The lowest BCUT2D eigenvalue weighted by molar-refractivity contribution is -0.129. The molecule has 1 fully saturated rings. The minimum absolute atomic E-state index is 0.0761. The number of halogens is 2. The Morgan fingerprint density at radius 2 is 2.35 bits per heavy atom. The van der Waals surface area contributed by atoms with Crippen LogP contribution in [0.3, 0.4) is 0 Å². The van der Waals surface area contributed by atoms with E-state index in [1.54, 1.807) is 11.0 Å². The first-order valence-corrected chi connectivity index (χ1v) is 6.25. The van der Waals surface area contributed by atoms with E-state index < -0.39 is 6.10 Å². The fraction of sp³-hybridized carbons (Fsp3) is 0.417. The third-order valence-corrected chi connectivity index (χ3v) is 3.64. The molecule has 0 aliphatic carbocycles. The molecule has 1 aromatic rings. The minimum Gasteiger partial charge on any atom is -0.391 e. The first kappa shape index (κ1) is 12.5. The third-order valence-electron chi connectivity index (χ3n) is 2.87. The molecule has 0 unspecified atom stereocenters. The van der Waals surface area contributed by atoms with Crippen molar-refractivity contribution in [2.75, 3.05) is 13.1 Å². The molecule has 1 amide bonds. The van der Waals surface area contributed by atoms with E-state index in [1.165, 1.54) is 12.1 Å². The molecule has 1 saturated heterocycles. The molecule has 0 bridgehead atoms. The molecule has 1 aromatic carbocycles. The number of hydrogen-bond donors (Lipinski definition) is 1. The maximum absolute atomic E-state index is 13.1. The van der Waals surface area contributed by atoms with Gasteiger partial charge in [0.1, 0.15) is 5.82 Å². The van der Waals surface area contributed by atoms with Crippen molar-refractivity contribution in [3.8, 4) is 0 Å². The molecule has 1 aliphatic heterocycles. The Labute approximate surface area is 107 Å². The van der Waals surface area contributed by atoms with E-state index in [9.17, 15) is 14.3 Å². The molecule has 1 atom stereocenters. The van der Waals surface area contributed by atoms with Crippen LogP contribution in [0.2, 0.25) is 0 Å². The van der Waals surface area contributed by atoms with Gasteiger partial charge in [0, 0.05) is 17.6 Å². The molecule has 2 rings (SSSR count). The number of nitrogens with zero attached hydrogens (tertiary/aromatic N) is 1. The Morgan fingerprint density at radius 1 is 1.59 bits per heavy atom. The fourth-order valence-corrected chi connectivity index (χ4v) is 2.31. The number of rotatable bonds is 2. The SMILES string of the molecule is O=C(Cc1cc(F)ccc1Br)N1CC[C@@H](O)C1. The van der Waals surface area contributed by atoms with Gasteiger partial charge in [0.2, 0.25) is 5.91 Å². The van der Waals surface area contributed by atoms with Gasteiger partial charge in [-0.15, -0.1) is 0 Å². The van der Waals surface area contributed by atoms with Crippen LogP contribution in [0.4, 0.5) is 4.39 Å². The van der Waals surface area contributed by atoms with E-state index >= 15 is 0 Å². The summed E-state index contributed by atoms with van der Waals surface area (Å²) >= 11 is 3.29. The molecule has 3 nitrogen and oxygen atoms in total. The molecule has 0 aromatic heterocycles. The van der Waals surface area contributed by atoms with E-state index in [4.69, 9.17) is 0 Å². The number of likely N-dealkylation sites (tertiary alicyclic amines) is 1. The van der Waals surface area contributed by atoms with Gasteiger partial charge in [-0.1, -0.05) is 15.9 Å². The smallest absolute Gasteiger partial charge is 0.227 e. The van der Waals surface area contributed by atoms with E-state index in [2.05, 4.69) is 15.9 Å². The zero-order valence-electron chi connectivity index (χ0n) is 9.20. The molecule has 17 heavy (non-hydrogen) atoms. The number of hydrogen-bond acceptors (Lipinski definition) is 2. The van der Waals surface area contributed by atoms with Gasteiger partial charge < -0.3 is 10.0 Å². The van der Waals surface area contributed by atoms with Crippen LogP contribution in [0.25, 0.3) is 0 Å². The van der Waals surface area contributed by atoms with E-state index in [0.717, 1.165) is 4.47 Å². The molecular formula is C12H13BrFNO2. The second-order valence-electron chi connectivity index (χ2n) is 4.19. The Morgan fingerprint density at radius 3 is 3.00 bits per heavy atom. The Kier molecular flexibility index (Phi) is 3.79. The summed E-state index contributed by atoms with van der Waals surface area (Å²) in [6.07, 6.45) is 0.358. The Hall–Kier alpha value is -0.940. The van der Waals surface area contributed by atoms with Gasteiger partial charge >= 0.3 is 0 Å². The summed E-state index contributed by atoms with van der Waals surface area (Å²) < 4.78 is 13.8. The monoisotopic (exact) mass is 301 g/mol. The van der Waals surface area contributed by atoms with Crippen LogP contribution >= 0.6 is 15.9 Å². The van der Waals surface area contributed by atoms with Crippen molar-refractivity contribution in [2.45, 2.75) is 18.9 Å². The van der Waals surface area contributed by atoms with Crippen molar-refractivity contribution in [3.63, 3.8) is 0 Å². The summed E-state index contributed by atoms with van der Waals surface area (Å²) in [5.74, 6) is -0.426. The first-order valence-electron chi connectivity index (χ1n) is 5.46. The van der Waals surface area contributed by atoms with Crippen LogP contribution in [-0.4, -0.2) is 35.1 Å². The highest BCUT2D eigenvalue weighted by Gasteiger charge is 2.24. The largest absolute Gasteiger partial charge is 0.391 e. The van der Waals surface area contributed by atoms with E-state index in [0.29, 0.717) is 25.1 Å². The van der Waals surface area contributed by atoms with Crippen molar-refractivity contribution < 1.29 is 14.3 Å². The first-order chi connectivity index (χ1) is 8.06. The lowest BCUT2D eigenvalue weighted by atomic mass is 10.1. The lowest BCUT2D eigenvalue weighted by Gasteiger charge is -2.15. The number of carbonyl (C=O) groups is 1. The summed E-state index contributed by atoms with van der Waals surface area (Å²) in [4.78, 5) is 13.5. The topological polar surface area (TPSA) is 40.5 Å². The molecule has 0 saturated carbocycles. The molecule has 92 valence electrons. The number of β-amino-alcohol motifs (C(OH)–C–C–N with tert-alkyl or cyclic N) is 1. The molecule has 0 radical (unpaired) electrons. The van der Waals surface area contributed by atoms with Crippen LogP contribution in [0.5, 0.6) is 0 Å². The fourth-order valence-electron chi connectivity index (χ4n) is 1.92. The normalized spacial score (nSPS) is 19.7. The van der Waals surface area contributed by atoms with Crippen molar-refractivity contribution >= 4 is 21.8 Å².